The van der Waals surface area contributed by atoms with E-state index in [0.717, 1.165) is 11.1 Å². The van der Waals surface area contributed by atoms with Crippen molar-refractivity contribution in [2.24, 2.45) is 0 Å². The molecular weight excluding hydrogens is 200 g/mol. The Morgan fingerprint density at radius 1 is 1.06 bits per heavy atom. The summed E-state index contributed by atoms with van der Waals surface area (Å²) in [7, 11) is 0. The zero-order valence-electron chi connectivity index (χ0n) is 9.09. The predicted molar refractivity (Wildman–Crippen MR) is 65.0 cm³/mol. The van der Waals surface area contributed by atoms with Crippen LogP contribution in [0.3, 0.4) is 0 Å². The van der Waals surface area contributed by atoms with Crippen LogP contribution in [0.15, 0.2) is 54.6 Å². The Hall–Kier alpha value is -1.80. The number of phenolic OH excluding ortho intramolecular Hbond substituents is 1. The van der Waals surface area contributed by atoms with Gasteiger partial charge in [0.25, 0.3) is 0 Å². The summed E-state index contributed by atoms with van der Waals surface area (Å²) in [6.45, 7) is 1.73. The summed E-state index contributed by atoms with van der Waals surface area (Å²) in [5.74, 6) is 0.254. The van der Waals surface area contributed by atoms with E-state index in [1.54, 1.807) is 31.2 Å². The van der Waals surface area contributed by atoms with E-state index >= 15 is 0 Å². The molecule has 2 nitrogen and oxygen atoms in total. The molecule has 1 atom stereocenters. The molecule has 1 aliphatic rings. The molecule has 1 aromatic rings. The second-order valence-electron chi connectivity index (χ2n) is 4.09. The molecule has 0 amide bonds. The van der Waals surface area contributed by atoms with Gasteiger partial charge in [-0.05, 0) is 42.3 Å². The summed E-state index contributed by atoms with van der Waals surface area (Å²) >= 11 is 0. The lowest BCUT2D eigenvalue weighted by Gasteiger charge is -2.11. The fourth-order valence-corrected chi connectivity index (χ4v) is 1.56. The molecule has 0 heterocycles. The molecule has 0 fully saturated rings. The van der Waals surface area contributed by atoms with Crippen LogP contribution in [0.25, 0.3) is 5.57 Å². The molecule has 0 spiro atoms. The summed E-state index contributed by atoms with van der Waals surface area (Å²) in [5.41, 5.74) is 1.13. The summed E-state index contributed by atoms with van der Waals surface area (Å²) in [4.78, 5) is 0. The minimum Gasteiger partial charge on any atom is -0.508 e. The lowest BCUT2D eigenvalue weighted by atomic mass is 10.0. The number of hydrogen-bond acceptors (Lipinski definition) is 2. The highest BCUT2D eigenvalue weighted by Gasteiger charge is 2.12. The maximum atomic E-state index is 9.82. The third kappa shape index (κ3) is 2.41. The molecule has 2 N–H and O–H groups in total. The number of phenols is 1. The first-order valence-electron chi connectivity index (χ1n) is 5.17. The maximum Gasteiger partial charge on any atom is 0.115 e. The third-order valence-electron chi connectivity index (χ3n) is 2.51. The van der Waals surface area contributed by atoms with Gasteiger partial charge in [-0.15, -0.1) is 0 Å². The fourth-order valence-electron chi connectivity index (χ4n) is 1.56. The minimum atomic E-state index is -0.894. The quantitative estimate of drug-likeness (QED) is 0.754. The van der Waals surface area contributed by atoms with Gasteiger partial charge in [0.05, 0.1) is 5.60 Å². The van der Waals surface area contributed by atoms with Gasteiger partial charge in [-0.3, -0.25) is 0 Å². The SMILES string of the molecule is CC1(O)C=CC=C(c2ccc(O)cc2)C=C1. The highest BCUT2D eigenvalue weighted by atomic mass is 16.3. The van der Waals surface area contributed by atoms with E-state index in [1.807, 2.05) is 30.4 Å². The van der Waals surface area contributed by atoms with Crippen molar-refractivity contribution in [1.82, 2.24) is 0 Å². The second kappa shape index (κ2) is 3.99. The van der Waals surface area contributed by atoms with E-state index in [9.17, 15) is 10.2 Å². The molecule has 16 heavy (non-hydrogen) atoms. The van der Waals surface area contributed by atoms with Crippen LogP contribution >= 0.6 is 0 Å². The van der Waals surface area contributed by atoms with Crippen molar-refractivity contribution in [3.05, 3.63) is 60.2 Å². The summed E-state index contributed by atoms with van der Waals surface area (Å²) in [5, 5.41) is 19.0. The normalized spacial score (nSPS) is 24.0. The molecule has 0 aromatic heterocycles. The van der Waals surface area contributed by atoms with Crippen LogP contribution in [0.2, 0.25) is 0 Å². The Bertz CT molecular complexity index is 462. The van der Waals surface area contributed by atoms with Crippen molar-refractivity contribution in [2.75, 3.05) is 0 Å². The van der Waals surface area contributed by atoms with Gasteiger partial charge in [0, 0.05) is 0 Å². The van der Waals surface area contributed by atoms with Gasteiger partial charge in [0.2, 0.25) is 0 Å². The number of aromatic hydroxyl groups is 1. The molecule has 1 aliphatic carbocycles. The van der Waals surface area contributed by atoms with Crippen LogP contribution in [0.5, 0.6) is 5.75 Å². The zero-order valence-corrected chi connectivity index (χ0v) is 9.09. The highest BCUT2D eigenvalue weighted by molar-refractivity contribution is 5.76. The smallest absolute Gasteiger partial charge is 0.115 e. The molecule has 82 valence electrons. The number of allylic oxidation sites excluding steroid dienone is 4. The van der Waals surface area contributed by atoms with Crippen molar-refractivity contribution >= 4 is 5.57 Å². The van der Waals surface area contributed by atoms with Crippen LogP contribution in [0, 0.1) is 0 Å². The van der Waals surface area contributed by atoms with Gasteiger partial charge < -0.3 is 10.2 Å². The van der Waals surface area contributed by atoms with Gasteiger partial charge in [0.15, 0.2) is 0 Å². The average Bonchev–Trinajstić information content (AvgIpc) is 2.41. The van der Waals surface area contributed by atoms with Gasteiger partial charge in [-0.1, -0.05) is 30.4 Å². The van der Waals surface area contributed by atoms with Crippen LogP contribution in [0.1, 0.15) is 12.5 Å². The highest BCUT2D eigenvalue weighted by Crippen LogP contribution is 2.23. The predicted octanol–water partition coefficient (Wildman–Crippen LogP) is 2.65. The molecule has 0 bridgehead atoms. The Balaban J connectivity index is 2.33. The first-order chi connectivity index (χ1) is 7.57. The topological polar surface area (TPSA) is 40.5 Å². The molecule has 0 saturated heterocycles. The zero-order chi connectivity index (χ0) is 11.6. The van der Waals surface area contributed by atoms with Crippen molar-refractivity contribution in [3.8, 4) is 5.75 Å². The van der Waals surface area contributed by atoms with Crippen molar-refractivity contribution < 1.29 is 10.2 Å². The number of hydrogen-bond donors (Lipinski definition) is 2. The maximum absolute atomic E-state index is 9.82. The average molecular weight is 214 g/mol. The van der Waals surface area contributed by atoms with Crippen molar-refractivity contribution in [3.63, 3.8) is 0 Å². The second-order valence-corrected chi connectivity index (χ2v) is 4.09. The Morgan fingerprint density at radius 3 is 2.44 bits per heavy atom. The van der Waals surface area contributed by atoms with Crippen LogP contribution in [-0.2, 0) is 0 Å². The van der Waals surface area contributed by atoms with Gasteiger partial charge in [0.1, 0.15) is 5.75 Å². The van der Waals surface area contributed by atoms with E-state index in [-0.39, 0.29) is 5.75 Å². The third-order valence-corrected chi connectivity index (χ3v) is 2.51. The lowest BCUT2D eigenvalue weighted by molar-refractivity contribution is 0.164. The first-order valence-corrected chi connectivity index (χ1v) is 5.17. The van der Waals surface area contributed by atoms with Crippen molar-refractivity contribution in [1.29, 1.82) is 0 Å². The van der Waals surface area contributed by atoms with E-state index < -0.39 is 5.60 Å². The molecular formula is C14H14O2. The Labute approximate surface area is 94.9 Å². The molecule has 0 radical (unpaired) electrons. The van der Waals surface area contributed by atoms with Crippen LogP contribution in [0.4, 0.5) is 0 Å². The Kier molecular flexibility index (Phi) is 2.67. The molecule has 2 rings (SSSR count). The fraction of sp³-hybridized carbons (Fsp3) is 0.143. The largest absolute Gasteiger partial charge is 0.508 e. The monoisotopic (exact) mass is 214 g/mol. The van der Waals surface area contributed by atoms with Gasteiger partial charge in [-0.2, -0.15) is 0 Å². The van der Waals surface area contributed by atoms with Crippen LogP contribution < -0.4 is 0 Å². The molecule has 1 unspecified atom stereocenters. The molecule has 2 heteroatoms. The van der Waals surface area contributed by atoms with Gasteiger partial charge >= 0.3 is 0 Å². The van der Waals surface area contributed by atoms with Crippen molar-refractivity contribution in [2.45, 2.75) is 12.5 Å². The summed E-state index contributed by atoms with van der Waals surface area (Å²) in [6, 6.07) is 6.99. The standard InChI is InChI=1S/C14H14O2/c1-14(16)9-2-3-11(8-10-14)12-4-6-13(15)7-5-12/h2-10,15-16H,1H3. The van der Waals surface area contributed by atoms with Gasteiger partial charge in [-0.25, -0.2) is 0 Å². The molecule has 0 saturated carbocycles. The summed E-state index contributed by atoms with van der Waals surface area (Å²) < 4.78 is 0. The molecule has 0 aliphatic heterocycles. The minimum absolute atomic E-state index is 0.254. The van der Waals surface area contributed by atoms with E-state index in [2.05, 4.69) is 0 Å². The summed E-state index contributed by atoms with van der Waals surface area (Å²) in [6.07, 6.45) is 9.13. The molecule has 1 aromatic carbocycles. The Morgan fingerprint density at radius 2 is 1.75 bits per heavy atom. The first kappa shape index (κ1) is 10.7. The van der Waals surface area contributed by atoms with Crippen LogP contribution in [-0.4, -0.2) is 15.8 Å². The van der Waals surface area contributed by atoms with E-state index in [0.29, 0.717) is 0 Å². The number of rotatable bonds is 1. The number of aliphatic hydroxyl groups is 1. The number of benzene rings is 1. The van der Waals surface area contributed by atoms with E-state index in [1.165, 1.54) is 0 Å². The lowest BCUT2D eigenvalue weighted by Crippen LogP contribution is -2.15. The van der Waals surface area contributed by atoms with E-state index in [4.69, 9.17) is 0 Å².